The van der Waals surface area contributed by atoms with Crippen molar-refractivity contribution in [2.24, 2.45) is 0 Å². The number of fused-ring (bicyclic) bond motifs is 3. The first-order chi connectivity index (χ1) is 17.3. The summed E-state index contributed by atoms with van der Waals surface area (Å²) >= 11 is 12.2. The smallest absolute Gasteiger partial charge is 0.459 e. The number of furan rings is 2. The third kappa shape index (κ3) is 5.43. The fourth-order valence-electron chi connectivity index (χ4n) is 3.62. The standard InChI is InChI=1S/C24H13Cl2F2N3O5.Na/c25-14-9-29-10-15(26)20(14)31-22(32)12-4-6-17(36-24(27)28)21-19(12)13-8-11(3-5-16(13)35-21)30-23(33)18-2-1-7-34-18;/h1-10,24H,(H,30,33)(H,29,31,32);/q;+1. The molecule has 3 heterocycles. The number of pyridine rings is 1. The van der Waals surface area contributed by atoms with E-state index in [9.17, 15) is 18.4 Å². The largest absolute Gasteiger partial charge is 1.00 e. The van der Waals surface area contributed by atoms with E-state index in [-0.39, 0.29) is 78.9 Å². The minimum Gasteiger partial charge on any atom is -0.459 e. The average molecular weight is 555 g/mol. The fourth-order valence-corrected chi connectivity index (χ4v) is 4.08. The zero-order valence-electron chi connectivity index (χ0n) is 18.9. The van der Waals surface area contributed by atoms with Crippen LogP contribution in [0.5, 0.6) is 5.75 Å². The number of aromatic nitrogens is 1. The number of benzene rings is 2. The number of carbonyl (C=O) groups is 2. The van der Waals surface area contributed by atoms with Gasteiger partial charge in [0.05, 0.1) is 27.6 Å². The second-order valence-corrected chi connectivity index (χ2v) is 8.18. The Kier molecular flexibility index (Phi) is 8.05. The van der Waals surface area contributed by atoms with Crippen molar-refractivity contribution in [2.75, 3.05) is 10.6 Å². The van der Waals surface area contributed by atoms with Crippen molar-refractivity contribution in [3.05, 3.63) is 82.5 Å². The predicted octanol–water partition coefficient (Wildman–Crippen LogP) is 3.99. The first-order valence-electron chi connectivity index (χ1n) is 10.2. The fraction of sp³-hybridized carbons (Fsp3) is 0.0417. The van der Waals surface area contributed by atoms with Gasteiger partial charge in [-0.05, 0) is 42.5 Å². The van der Waals surface area contributed by atoms with Crippen LogP contribution in [0.3, 0.4) is 0 Å². The Hall–Kier alpha value is -3.15. The second-order valence-electron chi connectivity index (χ2n) is 7.37. The van der Waals surface area contributed by atoms with E-state index >= 15 is 0 Å². The monoisotopic (exact) mass is 554 g/mol. The van der Waals surface area contributed by atoms with Gasteiger partial charge in [-0.2, -0.15) is 8.78 Å². The molecule has 0 bridgehead atoms. The molecule has 0 aliphatic heterocycles. The van der Waals surface area contributed by atoms with Crippen LogP contribution >= 0.6 is 23.2 Å². The van der Waals surface area contributed by atoms with E-state index in [2.05, 4.69) is 20.4 Å². The molecule has 37 heavy (non-hydrogen) atoms. The van der Waals surface area contributed by atoms with Gasteiger partial charge in [0.1, 0.15) is 5.58 Å². The summed E-state index contributed by atoms with van der Waals surface area (Å²) < 4.78 is 41.6. The summed E-state index contributed by atoms with van der Waals surface area (Å²) in [5.41, 5.74) is 0.709. The molecule has 182 valence electrons. The number of halogens is 4. The van der Waals surface area contributed by atoms with Gasteiger partial charge in [0.25, 0.3) is 11.8 Å². The van der Waals surface area contributed by atoms with Crippen LogP contribution in [0.4, 0.5) is 20.2 Å². The number of hydrogen-bond donors (Lipinski definition) is 2. The van der Waals surface area contributed by atoms with Crippen LogP contribution in [0.1, 0.15) is 20.9 Å². The van der Waals surface area contributed by atoms with Crippen LogP contribution in [0.2, 0.25) is 10.0 Å². The summed E-state index contributed by atoms with van der Waals surface area (Å²) in [5, 5.41) is 6.02. The van der Waals surface area contributed by atoms with Crippen LogP contribution in [-0.2, 0) is 0 Å². The Bertz CT molecular complexity index is 1610. The topological polar surface area (TPSA) is 107 Å². The maximum Gasteiger partial charge on any atom is 1.00 e. The van der Waals surface area contributed by atoms with Gasteiger partial charge in [-0.3, -0.25) is 14.6 Å². The van der Waals surface area contributed by atoms with Gasteiger partial charge in [-0.25, -0.2) is 0 Å². The van der Waals surface area contributed by atoms with Crippen LogP contribution in [0.15, 0.2) is 70.0 Å². The minimum atomic E-state index is -3.13. The maximum atomic E-state index is 13.3. The summed E-state index contributed by atoms with van der Waals surface area (Å²) in [5.74, 6) is -1.33. The van der Waals surface area contributed by atoms with Crippen molar-refractivity contribution in [1.82, 2.24) is 4.98 Å². The normalized spacial score (nSPS) is 10.9. The van der Waals surface area contributed by atoms with Crippen molar-refractivity contribution in [1.29, 1.82) is 0 Å². The molecule has 0 saturated carbocycles. The molecule has 2 aromatic carbocycles. The molecule has 0 aliphatic rings. The van der Waals surface area contributed by atoms with E-state index < -0.39 is 18.4 Å². The summed E-state index contributed by atoms with van der Waals surface area (Å²) in [6.07, 6.45) is 3.97. The van der Waals surface area contributed by atoms with Gasteiger partial charge in [0.2, 0.25) is 0 Å². The van der Waals surface area contributed by atoms with Gasteiger partial charge in [0.15, 0.2) is 17.1 Å². The molecule has 0 spiro atoms. The molecular formula is C24H13Cl2F2N3NaO5+. The quantitative estimate of drug-likeness (QED) is 0.307. The average Bonchev–Trinajstić information content (AvgIpc) is 3.50. The predicted molar refractivity (Wildman–Crippen MR) is 129 cm³/mol. The van der Waals surface area contributed by atoms with Crippen LogP contribution in [-0.4, -0.2) is 23.4 Å². The number of amides is 2. The molecule has 2 amide bonds. The van der Waals surface area contributed by atoms with Crippen molar-refractivity contribution >= 4 is 68.3 Å². The molecule has 0 atom stereocenters. The first kappa shape index (κ1) is 26.9. The number of anilines is 2. The molecule has 8 nitrogen and oxygen atoms in total. The Balaban J connectivity index is 0.00000320. The number of nitrogens with zero attached hydrogens (tertiary/aromatic N) is 1. The summed E-state index contributed by atoms with van der Waals surface area (Å²) in [7, 11) is 0. The molecular weight excluding hydrogens is 542 g/mol. The van der Waals surface area contributed by atoms with E-state index in [1.807, 2.05) is 0 Å². The Morgan fingerprint density at radius 2 is 1.76 bits per heavy atom. The zero-order valence-corrected chi connectivity index (χ0v) is 22.4. The molecule has 5 aromatic rings. The SMILES string of the molecule is O=C(Nc1ccc2oc3c(OC(F)F)ccc(C(=O)Nc4c(Cl)cncc4Cl)c3c2c1)c1ccco1.[Na+]. The van der Waals surface area contributed by atoms with E-state index in [0.29, 0.717) is 11.1 Å². The van der Waals surface area contributed by atoms with Gasteiger partial charge < -0.3 is 24.2 Å². The Morgan fingerprint density at radius 1 is 1.00 bits per heavy atom. The van der Waals surface area contributed by atoms with Gasteiger partial charge in [-0.1, -0.05) is 23.2 Å². The first-order valence-corrected chi connectivity index (χ1v) is 11.0. The van der Waals surface area contributed by atoms with Crippen LogP contribution < -0.4 is 44.9 Å². The van der Waals surface area contributed by atoms with E-state index in [4.69, 9.17) is 32.0 Å². The zero-order chi connectivity index (χ0) is 25.4. The number of ether oxygens (including phenoxy) is 1. The molecule has 0 fully saturated rings. The summed E-state index contributed by atoms with van der Waals surface area (Å²) in [4.78, 5) is 29.5. The van der Waals surface area contributed by atoms with E-state index in [1.54, 1.807) is 12.1 Å². The van der Waals surface area contributed by atoms with Gasteiger partial charge in [-0.15, -0.1) is 0 Å². The number of alkyl halides is 2. The van der Waals surface area contributed by atoms with Crippen LogP contribution in [0.25, 0.3) is 21.9 Å². The molecule has 0 saturated heterocycles. The molecule has 2 N–H and O–H groups in total. The molecule has 0 radical (unpaired) electrons. The third-order valence-electron chi connectivity index (χ3n) is 5.14. The minimum absolute atomic E-state index is 0. The van der Waals surface area contributed by atoms with Crippen LogP contribution in [0, 0.1) is 0 Å². The van der Waals surface area contributed by atoms with Crippen molar-refractivity contribution in [3.8, 4) is 5.75 Å². The Morgan fingerprint density at radius 3 is 2.43 bits per heavy atom. The maximum absolute atomic E-state index is 13.3. The van der Waals surface area contributed by atoms with Crippen molar-refractivity contribution in [2.45, 2.75) is 6.61 Å². The summed E-state index contributed by atoms with van der Waals surface area (Å²) in [6, 6.07) is 10.2. The Labute approximate surface area is 239 Å². The summed E-state index contributed by atoms with van der Waals surface area (Å²) in [6.45, 7) is -3.13. The van der Waals surface area contributed by atoms with Gasteiger partial charge in [0, 0.05) is 28.9 Å². The molecule has 5 rings (SSSR count). The van der Waals surface area contributed by atoms with Gasteiger partial charge >= 0.3 is 36.2 Å². The molecule has 13 heteroatoms. The second kappa shape index (κ2) is 11.1. The molecule has 0 aliphatic carbocycles. The van der Waals surface area contributed by atoms with E-state index in [0.717, 1.165) is 0 Å². The number of carbonyl (C=O) groups excluding carboxylic acids is 2. The van der Waals surface area contributed by atoms with Crippen molar-refractivity contribution < 1.29 is 61.5 Å². The van der Waals surface area contributed by atoms with Crippen molar-refractivity contribution in [3.63, 3.8) is 0 Å². The number of nitrogens with one attached hydrogen (secondary N) is 2. The number of hydrogen-bond acceptors (Lipinski definition) is 6. The third-order valence-corrected chi connectivity index (χ3v) is 5.71. The number of rotatable bonds is 6. The molecule has 0 unspecified atom stereocenters. The molecule has 3 aromatic heterocycles. The van der Waals surface area contributed by atoms with E-state index in [1.165, 1.54) is 49.0 Å².